The molecule has 3 fully saturated rings. The highest BCUT2D eigenvalue weighted by Crippen LogP contribution is 2.80. The Labute approximate surface area is 180 Å². The smallest absolute Gasteiger partial charge is 0.287 e. The summed E-state index contributed by atoms with van der Waals surface area (Å²) in [6, 6.07) is 10.9. The molecular formula is C22H17F4N5O. The van der Waals surface area contributed by atoms with E-state index < -0.39 is 46.1 Å². The molecule has 0 aliphatic heterocycles. The van der Waals surface area contributed by atoms with Crippen molar-refractivity contribution in [1.29, 1.82) is 5.26 Å². The summed E-state index contributed by atoms with van der Waals surface area (Å²) >= 11 is 0. The Kier molecular flexibility index (Phi) is 4.24. The van der Waals surface area contributed by atoms with Crippen molar-refractivity contribution in [1.82, 2.24) is 20.2 Å². The van der Waals surface area contributed by atoms with Gasteiger partial charge in [-0.15, -0.1) is 5.10 Å². The second-order valence-corrected chi connectivity index (χ2v) is 8.85. The molecule has 6 nitrogen and oxygen atoms in total. The number of tetrazole rings is 1. The van der Waals surface area contributed by atoms with Gasteiger partial charge < -0.3 is 5.11 Å². The van der Waals surface area contributed by atoms with Crippen LogP contribution in [0.25, 0.3) is 0 Å². The van der Waals surface area contributed by atoms with E-state index in [0.717, 1.165) is 22.6 Å². The van der Waals surface area contributed by atoms with Gasteiger partial charge in [-0.2, -0.15) is 5.26 Å². The number of aromatic nitrogens is 4. The molecule has 32 heavy (non-hydrogen) atoms. The predicted molar refractivity (Wildman–Crippen MR) is 102 cm³/mol. The summed E-state index contributed by atoms with van der Waals surface area (Å²) in [6.07, 6.45) is 1.26. The first-order valence-corrected chi connectivity index (χ1v) is 9.92. The summed E-state index contributed by atoms with van der Waals surface area (Å²) in [4.78, 5) is 0. The van der Waals surface area contributed by atoms with Crippen LogP contribution in [0.3, 0.4) is 0 Å². The van der Waals surface area contributed by atoms with Crippen LogP contribution < -0.4 is 0 Å². The van der Waals surface area contributed by atoms with E-state index in [2.05, 4.69) is 15.5 Å². The Morgan fingerprint density at radius 2 is 1.78 bits per heavy atom. The van der Waals surface area contributed by atoms with Crippen molar-refractivity contribution in [3.63, 3.8) is 0 Å². The molecule has 164 valence electrons. The van der Waals surface area contributed by atoms with E-state index in [1.807, 2.05) is 6.07 Å². The van der Waals surface area contributed by atoms with Gasteiger partial charge in [-0.05, 0) is 71.0 Å². The number of hydrogen-bond acceptors (Lipinski definition) is 5. The minimum atomic E-state index is -3.81. The number of aliphatic hydroxyl groups is 1. The Morgan fingerprint density at radius 3 is 2.38 bits per heavy atom. The summed E-state index contributed by atoms with van der Waals surface area (Å²) in [5, 5.41) is 30.6. The third kappa shape index (κ3) is 2.64. The minimum absolute atomic E-state index is 0.0771. The second-order valence-electron chi connectivity index (χ2n) is 8.85. The van der Waals surface area contributed by atoms with Crippen molar-refractivity contribution in [2.45, 2.75) is 42.7 Å². The fourth-order valence-corrected chi connectivity index (χ4v) is 5.42. The number of hydrogen-bond donors (Lipinski definition) is 1. The van der Waals surface area contributed by atoms with Gasteiger partial charge in [0.25, 0.3) is 5.92 Å². The number of benzene rings is 2. The Balaban J connectivity index is 1.51. The second kappa shape index (κ2) is 6.59. The van der Waals surface area contributed by atoms with E-state index in [9.17, 15) is 13.9 Å². The third-order valence-electron chi connectivity index (χ3n) is 7.00. The molecule has 0 saturated heterocycles. The highest BCUT2D eigenvalue weighted by atomic mass is 19.3. The zero-order chi connectivity index (χ0) is 22.8. The molecule has 1 atom stereocenters. The van der Waals surface area contributed by atoms with E-state index in [4.69, 9.17) is 5.26 Å². The molecule has 3 aromatic rings. The van der Waals surface area contributed by atoms with E-state index in [-0.39, 0.29) is 19.3 Å². The molecule has 2 bridgehead atoms. The van der Waals surface area contributed by atoms with Gasteiger partial charge in [-0.3, -0.25) is 0 Å². The first kappa shape index (κ1) is 20.6. The SMILES string of the molecule is N#Cc1ccc(C23CC(C(F)(F)[C@](O)(Cn4cnnn4)c4cc(F)ccc4F)(C2)C3)cc1. The Bertz CT molecular complexity index is 1200. The Morgan fingerprint density at radius 1 is 1.09 bits per heavy atom. The van der Waals surface area contributed by atoms with Gasteiger partial charge in [-0.1, -0.05) is 12.1 Å². The fourth-order valence-electron chi connectivity index (χ4n) is 5.42. The largest absolute Gasteiger partial charge is 0.377 e. The van der Waals surface area contributed by atoms with Crippen LogP contribution in [0.15, 0.2) is 48.8 Å². The molecule has 0 spiro atoms. The summed E-state index contributed by atoms with van der Waals surface area (Å²) < 4.78 is 61.5. The van der Waals surface area contributed by atoms with Gasteiger partial charge in [-0.25, -0.2) is 22.2 Å². The molecule has 2 aromatic carbocycles. The fraction of sp³-hybridized carbons (Fsp3) is 0.364. The van der Waals surface area contributed by atoms with Crippen molar-refractivity contribution in [2.24, 2.45) is 5.41 Å². The molecular weight excluding hydrogens is 426 g/mol. The van der Waals surface area contributed by atoms with Crippen molar-refractivity contribution in [3.8, 4) is 6.07 Å². The molecule has 0 amide bonds. The van der Waals surface area contributed by atoms with Gasteiger partial charge in [0.2, 0.25) is 0 Å². The molecule has 1 N–H and O–H groups in total. The number of rotatable bonds is 6. The van der Waals surface area contributed by atoms with E-state index >= 15 is 8.78 Å². The van der Waals surface area contributed by atoms with Gasteiger partial charge in [0.15, 0.2) is 5.60 Å². The minimum Gasteiger partial charge on any atom is -0.377 e. The van der Waals surface area contributed by atoms with E-state index in [1.165, 1.54) is 0 Å². The van der Waals surface area contributed by atoms with Crippen LogP contribution in [0.4, 0.5) is 17.6 Å². The topological polar surface area (TPSA) is 87.6 Å². The molecule has 3 saturated carbocycles. The third-order valence-corrected chi connectivity index (χ3v) is 7.00. The molecule has 0 radical (unpaired) electrons. The maximum absolute atomic E-state index is 16.1. The van der Waals surface area contributed by atoms with Crippen molar-refractivity contribution < 1.29 is 22.7 Å². The lowest BCUT2D eigenvalue weighted by atomic mass is 9.30. The molecule has 10 heteroatoms. The van der Waals surface area contributed by atoms with Crippen molar-refractivity contribution in [2.75, 3.05) is 0 Å². The van der Waals surface area contributed by atoms with Gasteiger partial charge in [0.1, 0.15) is 18.0 Å². The summed E-state index contributed by atoms with van der Waals surface area (Å²) in [5.41, 5.74) is -4.66. The van der Waals surface area contributed by atoms with Crippen LogP contribution in [0.1, 0.15) is 36.0 Å². The molecule has 6 rings (SSSR count). The summed E-state index contributed by atoms with van der Waals surface area (Å²) in [6.45, 7) is -0.848. The molecule has 3 aliphatic carbocycles. The zero-order valence-corrected chi connectivity index (χ0v) is 16.6. The summed E-state index contributed by atoms with van der Waals surface area (Å²) in [7, 11) is 0. The molecule has 3 aliphatic rings. The van der Waals surface area contributed by atoms with Gasteiger partial charge in [0.05, 0.1) is 18.2 Å². The first-order chi connectivity index (χ1) is 15.1. The lowest BCUT2D eigenvalue weighted by Crippen LogP contribution is -2.76. The molecule has 1 aromatic heterocycles. The number of nitriles is 1. The van der Waals surface area contributed by atoms with Crippen LogP contribution in [-0.2, 0) is 17.6 Å². The number of halogens is 4. The van der Waals surface area contributed by atoms with Gasteiger partial charge in [0, 0.05) is 11.0 Å². The van der Waals surface area contributed by atoms with Crippen LogP contribution in [0.5, 0.6) is 0 Å². The zero-order valence-electron chi connectivity index (χ0n) is 16.6. The lowest BCUT2D eigenvalue weighted by Gasteiger charge is -2.74. The number of nitrogens with zero attached hydrogens (tertiary/aromatic N) is 5. The maximum Gasteiger partial charge on any atom is 0.287 e. The van der Waals surface area contributed by atoms with Crippen LogP contribution in [0, 0.1) is 28.4 Å². The van der Waals surface area contributed by atoms with Crippen LogP contribution >= 0.6 is 0 Å². The average Bonchev–Trinajstić information content (AvgIpc) is 3.20. The predicted octanol–water partition coefficient (Wildman–Crippen LogP) is 3.47. The van der Waals surface area contributed by atoms with Crippen LogP contribution in [-0.4, -0.2) is 31.2 Å². The number of alkyl halides is 2. The van der Waals surface area contributed by atoms with Crippen molar-refractivity contribution in [3.05, 3.63) is 77.1 Å². The first-order valence-electron chi connectivity index (χ1n) is 9.92. The highest BCUT2D eigenvalue weighted by Gasteiger charge is 2.82. The monoisotopic (exact) mass is 443 g/mol. The molecule has 1 heterocycles. The van der Waals surface area contributed by atoms with E-state index in [1.54, 1.807) is 24.3 Å². The maximum atomic E-state index is 16.1. The molecule has 0 unspecified atom stereocenters. The summed E-state index contributed by atoms with van der Waals surface area (Å²) in [5.74, 6) is -5.90. The highest BCUT2D eigenvalue weighted by molar-refractivity contribution is 5.45. The standard InChI is InChI=1S/C22H17F4N5O/c23-16-5-6-18(24)17(7-16)21(32,12-31-13-28-29-30-31)22(25,26)20-9-19(10-20,11-20)15-3-1-14(8-27)2-4-15/h1-7,13,32H,9-12H2/t19?,20?,21-/m0/s1. The van der Waals surface area contributed by atoms with Gasteiger partial charge >= 0.3 is 0 Å². The Hall–Kier alpha value is -3.32. The lowest BCUT2D eigenvalue weighted by molar-refractivity contribution is -0.347. The van der Waals surface area contributed by atoms with Crippen molar-refractivity contribution >= 4 is 0 Å². The average molecular weight is 443 g/mol. The normalized spacial score (nSPS) is 25.9. The van der Waals surface area contributed by atoms with E-state index in [0.29, 0.717) is 17.7 Å². The van der Waals surface area contributed by atoms with Crippen LogP contribution in [0.2, 0.25) is 0 Å². The quantitative estimate of drug-likeness (QED) is 0.590.